The molecule has 3 aromatic rings. The monoisotopic (exact) mass is 434 g/mol. The molecule has 5 rings (SSSR count). The van der Waals surface area contributed by atoms with E-state index in [1.807, 2.05) is 11.0 Å². The smallest absolute Gasteiger partial charge is 0.255 e. The SMILES string of the molecule is N#Cc1cccc(F)c1-c1cc(-n2ccc(N3C[C@H](O)C[C@H]3CO)n2)c2c(n1)CNC2=O. The molecule has 0 saturated carbocycles. The lowest BCUT2D eigenvalue weighted by Gasteiger charge is -2.22. The zero-order chi connectivity index (χ0) is 22.4. The number of aliphatic hydroxyl groups excluding tert-OH is 2. The molecule has 0 bridgehead atoms. The maximum atomic E-state index is 14.7. The molecule has 1 saturated heterocycles. The van der Waals surface area contributed by atoms with Crippen LogP contribution in [-0.4, -0.2) is 56.2 Å². The molecule has 4 heterocycles. The van der Waals surface area contributed by atoms with Crippen molar-refractivity contribution in [3.63, 3.8) is 0 Å². The molecule has 0 spiro atoms. The van der Waals surface area contributed by atoms with Crippen molar-refractivity contribution >= 4 is 11.7 Å². The molecule has 1 aromatic carbocycles. The quantitative estimate of drug-likeness (QED) is 0.562. The number of benzene rings is 1. The van der Waals surface area contributed by atoms with Crippen molar-refractivity contribution in [1.82, 2.24) is 20.1 Å². The number of hydrogen-bond acceptors (Lipinski definition) is 7. The maximum Gasteiger partial charge on any atom is 0.255 e. The van der Waals surface area contributed by atoms with Gasteiger partial charge in [-0.2, -0.15) is 10.4 Å². The molecule has 2 aromatic heterocycles. The fourth-order valence-corrected chi connectivity index (χ4v) is 4.34. The average Bonchev–Trinajstić information content (AvgIpc) is 3.51. The number of halogens is 1. The maximum absolute atomic E-state index is 14.7. The van der Waals surface area contributed by atoms with Gasteiger partial charge in [0.15, 0.2) is 5.82 Å². The third-order valence-electron chi connectivity index (χ3n) is 5.83. The van der Waals surface area contributed by atoms with E-state index in [0.29, 0.717) is 35.7 Å². The number of aromatic nitrogens is 3. The minimum atomic E-state index is -0.585. The van der Waals surface area contributed by atoms with Crippen LogP contribution >= 0.6 is 0 Å². The van der Waals surface area contributed by atoms with E-state index in [4.69, 9.17) is 0 Å². The second-order valence-corrected chi connectivity index (χ2v) is 7.80. The first-order valence-corrected chi connectivity index (χ1v) is 10.1. The Bertz CT molecular complexity index is 1270. The summed E-state index contributed by atoms with van der Waals surface area (Å²) >= 11 is 0. The summed E-state index contributed by atoms with van der Waals surface area (Å²) in [6, 6.07) is 9.23. The van der Waals surface area contributed by atoms with Gasteiger partial charge in [0.05, 0.1) is 65.1 Å². The molecule has 2 aliphatic rings. The second-order valence-electron chi connectivity index (χ2n) is 7.80. The third kappa shape index (κ3) is 3.19. The summed E-state index contributed by atoms with van der Waals surface area (Å²) in [6.07, 6.45) is 1.53. The van der Waals surface area contributed by atoms with Crippen LogP contribution in [0.4, 0.5) is 10.2 Å². The number of nitrogens with zero attached hydrogens (tertiary/aromatic N) is 5. The molecular weight excluding hydrogens is 415 g/mol. The van der Waals surface area contributed by atoms with Gasteiger partial charge in [0.25, 0.3) is 5.91 Å². The Morgan fingerprint density at radius 2 is 2.16 bits per heavy atom. The van der Waals surface area contributed by atoms with Crippen LogP contribution in [0.15, 0.2) is 36.5 Å². The largest absolute Gasteiger partial charge is 0.394 e. The number of amides is 1. The van der Waals surface area contributed by atoms with E-state index >= 15 is 0 Å². The summed E-state index contributed by atoms with van der Waals surface area (Å²) in [6.45, 7) is 0.402. The van der Waals surface area contributed by atoms with E-state index in [0.717, 1.165) is 0 Å². The molecule has 2 atom stereocenters. The molecule has 0 radical (unpaired) electrons. The second kappa shape index (κ2) is 7.71. The molecule has 9 nitrogen and oxygen atoms in total. The van der Waals surface area contributed by atoms with Crippen LogP contribution in [0.25, 0.3) is 16.9 Å². The van der Waals surface area contributed by atoms with Gasteiger partial charge >= 0.3 is 0 Å². The topological polar surface area (TPSA) is 127 Å². The normalized spacial score (nSPS) is 19.7. The minimum Gasteiger partial charge on any atom is -0.394 e. The van der Waals surface area contributed by atoms with Gasteiger partial charge in [0, 0.05) is 18.8 Å². The Balaban J connectivity index is 1.64. The molecule has 0 aliphatic carbocycles. The van der Waals surface area contributed by atoms with Gasteiger partial charge in [-0.25, -0.2) is 14.1 Å². The first kappa shape index (κ1) is 20.1. The predicted octanol–water partition coefficient (Wildman–Crippen LogP) is 1.12. The first-order valence-electron chi connectivity index (χ1n) is 10.1. The van der Waals surface area contributed by atoms with Crippen LogP contribution < -0.4 is 10.2 Å². The molecule has 32 heavy (non-hydrogen) atoms. The zero-order valence-electron chi connectivity index (χ0n) is 16.9. The fraction of sp³-hybridized carbons (Fsp3) is 0.273. The van der Waals surface area contributed by atoms with E-state index in [1.165, 1.54) is 22.9 Å². The van der Waals surface area contributed by atoms with Crippen molar-refractivity contribution in [2.45, 2.75) is 25.1 Å². The number of rotatable bonds is 4. The van der Waals surface area contributed by atoms with Crippen LogP contribution in [0, 0.1) is 17.1 Å². The van der Waals surface area contributed by atoms with Crippen molar-refractivity contribution in [2.75, 3.05) is 18.1 Å². The van der Waals surface area contributed by atoms with E-state index in [-0.39, 0.29) is 41.9 Å². The highest BCUT2D eigenvalue weighted by molar-refractivity contribution is 6.01. The van der Waals surface area contributed by atoms with Crippen LogP contribution in [0.3, 0.4) is 0 Å². The van der Waals surface area contributed by atoms with Crippen LogP contribution in [0.5, 0.6) is 0 Å². The first-order chi connectivity index (χ1) is 15.5. The predicted molar refractivity (Wildman–Crippen MR) is 111 cm³/mol. The Hall–Kier alpha value is -3.81. The summed E-state index contributed by atoms with van der Waals surface area (Å²) in [5, 5.41) is 36.3. The lowest BCUT2D eigenvalue weighted by molar-refractivity contribution is 0.0965. The zero-order valence-corrected chi connectivity index (χ0v) is 16.9. The van der Waals surface area contributed by atoms with Gasteiger partial charge in [0.2, 0.25) is 0 Å². The van der Waals surface area contributed by atoms with Gasteiger partial charge in [-0.3, -0.25) is 4.79 Å². The summed E-state index contributed by atoms with van der Waals surface area (Å²) in [4.78, 5) is 18.8. The number of hydrogen-bond donors (Lipinski definition) is 3. The minimum absolute atomic E-state index is 0.0637. The van der Waals surface area contributed by atoms with E-state index in [2.05, 4.69) is 15.4 Å². The number of fused-ring (bicyclic) bond motifs is 1. The molecule has 10 heteroatoms. The molecule has 2 aliphatic heterocycles. The highest BCUT2D eigenvalue weighted by atomic mass is 19.1. The molecule has 1 amide bonds. The summed E-state index contributed by atoms with van der Waals surface area (Å²) < 4.78 is 16.2. The number of β-amino-alcohol motifs (C(OH)–C–C–N with tert-alkyl or cyclic N) is 1. The van der Waals surface area contributed by atoms with Gasteiger partial charge in [-0.05, 0) is 24.6 Å². The van der Waals surface area contributed by atoms with Crippen molar-refractivity contribution in [3.8, 4) is 23.0 Å². The molecule has 162 valence electrons. The summed E-state index contributed by atoms with van der Waals surface area (Å²) in [5.74, 6) is -0.363. The molecule has 3 N–H and O–H groups in total. The van der Waals surface area contributed by atoms with Crippen molar-refractivity contribution in [3.05, 3.63) is 59.2 Å². The number of carbonyl (C=O) groups excluding carboxylic acids is 1. The number of aliphatic hydroxyl groups is 2. The molecular formula is C22H19FN6O3. The number of anilines is 1. The van der Waals surface area contributed by atoms with Gasteiger partial charge in [0.1, 0.15) is 5.82 Å². The standard InChI is InChI=1S/C22H19FN6O3/c23-15-3-1-2-12(8-24)20(15)16-7-18(21-17(26-16)9-25-22(21)32)29-5-4-19(27-29)28-10-14(31)6-13(28)11-30/h1-5,7,13-14,30-31H,6,9-11H2,(H,25,32)/t13-,14+/m0/s1. The molecule has 0 unspecified atom stereocenters. The van der Waals surface area contributed by atoms with Gasteiger partial charge < -0.3 is 20.4 Å². The number of nitrogens with one attached hydrogen (secondary N) is 1. The van der Waals surface area contributed by atoms with Gasteiger partial charge in [-0.1, -0.05) is 6.07 Å². The van der Waals surface area contributed by atoms with Crippen LogP contribution in [0.1, 0.15) is 28.0 Å². The Labute approximate surface area is 182 Å². The highest BCUT2D eigenvalue weighted by Crippen LogP contribution is 2.32. The highest BCUT2D eigenvalue weighted by Gasteiger charge is 2.33. The van der Waals surface area contributed by atoms with E-state index < -0.39 is 11.9 Å². The number of pyridine rings is 1. The summed E-state index contributed by atoms with van der Waals surface area (Å²) in [7, 11) is 0. The van der Waals surface area contributed by atoms with Crippen molar-refractivity contribution in [2.24, 2.45) is 0 Å². The number of nitriles is 1. The lowest BCUT2D eigenvalue weighted by Crippen LogP contribution is -2.32. The number of carbonyl (C=O) groups is 1. The Morgan fingerprint density at radius 3 is 2.94 bits per heavy atom. The van der Waals surface area contributed by atoms with Crippen LogP contribution in [-0.2, 0) is 6.54 Å². The van der Waals surface area contributed by atoms with E-state index in [9.17, 15) is 24.7 Å². The lowest BCUT2D eigenvalue weighted by atomic mass is 10.0. The van der Waals surface area contributed by atoms with Crippen LogP contribution in [0.2, 0.25) is 0 Å². The van der Waals surface area contributed by atoms with Gasteiger partial charge in [-0.15, -0.1) is 0 Å². The Morgan fingerprint density at radius 1 is 1.31 bits per heavy atom. The molecule has 1 fully saturated rings. The van der Waals surface area contributed by atoms with E-state index in [1.54, 1.807) is 18.3 Å². The summed E-state index contributed by atoms with van der Waals surface area (Å²) in [5.41, 5.74) is 1.60. The van der Waals surface area contributed by atoms with Crippen molar-refractivity contribution in [1.29, 1.82) is 5.26 Å². The third-order valence-corrected chi connectivity index (χ3v) is 5.83. The van der Waals surface area contributed by atoms with Crippen molar-refractivity contribution < 1.29 is 19.4 Å². The Kier molecular flexibility index (Phi) is 4.84. The average molecular weight is 434 g/mol. The fourth-order valence-electron chi connectivity index (χ4n) is 4.34.